The summed E-state index contributed by atoms with van der Waals surface area (Å²) in [6, 6.07) is 22.9. The molecule has 0 unspecified atom stereocenters. The van der Waals surface area contributed by atoms with Gasteiger partial charge in [-0.15, -0.1) is 23.8 Å². The smallest absolute Gasteiger partial charge is 0.231 e. The van der Waals surface area contributed by atoms with Gasteiger partial charge in [0, 0.05) is 17.7 Å². The van der Waals surface area contributed by atoms with Crippen LogP contribution >= 0.6 is 11.3 Å². The van der Waals surface area contributed by atoms with Gasteiger partial charge in [-0.1, -0.05) is 55.0 Å². The average molecular weight is 366 g/mol. The van der Waals surface area contributed by atoms with Gasteiger partial charge in [-0.3, -0.25) is 0 Å². The topological polar surface area (TPSA) is 3.01 Å². The van der Waals surface area contributed by atoms with Gasteiger partial charge in [-0.25, -0.2) is 0 Å². The number of fused-ring (bicyclic) bond motifs is 3. The summed E-state index contributed by atoms with van der Waals surface area (Å²) in [5.74, 6) is 0. The van der Waals surface area contributed by atoms with Crippen molar-refractivity contribution in [3.63, 3.8) is 0 Å². The Morgan fingerprint density at radius 1 is 0.926 bits per heavy atom. The maximum atomic E-state index is 4.19. The molecule has 0 atom stereocenters. The van der Waals surface area contributed by atoms with E-state index in [1.54, 1.807) is 0 Å². The van der Waals surface area contributed by atoms with Gasteiger partial charge < -0.3 is 4.58 Å². The molecular weight excluding hydrogens is 346 g/mol. The molecule has 0 aliphatic carbocycles. The van der Waals surface area contributed by atoms with E-state index in [4.69, 9.17) is 0 Å². The minimum atomic E-state index is 1.15. The monoisotopic (exact) mass is 365 g/mol. The van der Waals surface area contributed by atoms with Crippen LogP contribution in [0.3, 0.4) is 0 Å². The molecule has 1 aliphatic rings. The first-order chi connectivity index (χ1) is 13.2. The van der Waals surface area contributed by atoms with Crippen LogP contribution in [-0.4, -0.2) is 11.3 Å². The molecule has 0 N–H and O–H groups in total. The second-order valence-electron chi connectivity index (χ2n) is 6.84. The molecule has 1 aliphatic heterocycles. The van der Waals surface area contributed by atoms with E-state index in [1.165, 1.54) is 42.4 Å². The maximum Gasteiger partial charge on any atom is 0.231 e. The first-order valence-electron chi connectivity index (χ1n) is 9.06. The highest BCUT2D eigenvalue weighted by molar-refractivity contribution is 7.26. The lowest BCUT2D eigenvalue weighted by Gasteiger charge is -2.23. The molecule has 0 saturated carbocycles. The van der Waals surface area contributed by atoms with E-state index >= 15 is 0 Å². The molecule has 1 aromatic heterocycles. The molecule has 2 heterocycles. The Labute approximate surface area is 163 Å². The lowest BCUT2D eigenvalue weighted by atomic mass is 9.96. The molecule has 2 heteroatoms. The van der Waals surface area contributed by atoms with Crippen LogP contribution in [0.5, 0.6) is 0 Å². The number of rotatable bonds is 2. The molecule has 0 radical (unpaired) electrons. The molecule has 5 rings (SSSR count). The normalized spacial score (nSPS) is 13.8. The Kier molecular flexibility index (Phi) is 3.73. The quantitative estimate of drug-likeness (QED) is 0.211. The summed E-state index contributed by atoms with van der Waals surface area (Å²) in [4.78, 5) is 0. The molecule has 0 bridgehead atoms. The van der Waals surface area contributed by atoms with Gasteiger partial charge in [0.15, 0.2) is 11.3 Å². The number of nitrogens with zero attached hydrogens (tertiary/aromatic N) is 1. The SMILES string of the molecule is C=[N+]1C=CC=C[C-]1c1c(C)ccc2c3cccc(-c4ccccc4)c3[s+][c-]12. The van der Waals surface area contributed by atoms with E-state index in [1.807, 2.05) is 28.2 Å². The molecule has 0 amide bonds. The first kappa shape index (κ1) is 16.1. The largest absolute Gasteiger partial charge is 0.336 e. The number of benzene rings is 3. The van der Waals surface area contributed by atoms with Crippen molar-refractivity contribution in [1.82, 2.24) is 0 Å². The summed E-state index contributed by atoms with van der Waals surface area (Å²) in [6.07, 6.45) is 8.26. The van der Waals surface area contributed by atoms with E-state index in [-0.39, 0.29) is 0 Å². The lowest BCUT2D eigenvalue weighted by molar-refractivity contribution is -0.417. The third-order valence-corrected chi connectivity index (χ3v) is 6.43. The highest BCUT2D eigenvalue weighted by atomic mass is 32.1. The van der Waals surface area contributed by atoms with Gasteiger partial charge in [-0.05, 0) is 23.1 Å². The van der Waals surface area contributed by atoms with Crippen LogP contribution in [0.4, 0.5) is 0 Å². The van der Waals surface area contributed by atoms with E-state index in [0.717, 1.165) is 6.04 Å². The van der Waals surface area contributed by atoms with Crippen LogP contribution in [0.25, 0.3) is 31.3 Å². The van der Waals surface area contributed by atoms with Gasteiger partial charge >= 0.3 is 0 Å². The predicted molar refractivity (Wildman–Crippen MR) is 118 cm³/mol. The molecule has 0 fully saturated rings. The van der Waals surface area contributed by atoms with Crippen LogP contribution in [0, 0.1) is 13.0 Å². The Morgan fingerprint density at radius 2 is 1.78 bits per heavy atom. The summed E-state index contributed by atoms with van der Waals surface area (Å²) < 4.78 is 4.64. The van der Waals surface area contributed by atoms with Gasteiger partial charge in [-0.2, -0.15) is 6.08 Å². The summed E-state index contributed by atoms with van der Waals surface area (Å²) in [7, 11) is 0. The zero-order valence-corrected chi connectivity index (χ0v) is 16.0. The third-order valence-electron chi connectivity index (χ3n) is 5.16. The fourth-order valence-electron chi connectivity index (χ4n) is 3.83. The lowest BCUT2D eigenvalue weighted by Crippen LogP contribution is -2.14. The Balaban J connectivity index is 1.83. The summed E-state index contributed by atoms with van der Waals surface area (Å²) in [6.45, 7) is 6.37. The number of thiophene rings is 1. The molecule has 0 saturated heterocycles. The van der Waals surface area contributed by atoms with Crippen LogP contribution < -0.4 is 0 Å². The van der Waals surface area contributed by atoms with Crippen molar-refractivity contribution in [3.05, 3.63) is 102 Å². The standard InChI is InChI=1S/C25H19NS/c1-17-14-15-21-20-12-8-11-19(18-9-4-3-5-10-18)24(20)27-25(21)23(17)22-13-6-7-16-26(22)2/h3-16H,2H2,1H3. The summed E-state index contributed by atoms with van der Waals surface area (Å²) in [5, 5.41) is 2.64. The zero-order chi connectivity index (χ0) is 18.4. The summed E-state index contributed by atoms with van der Waals surface area (Å²) >= 11 is 1.89. The summed E-state index contributed by atoms with van der Waals surface area (Å²) in [5.41, 5.74) is 5.12. The van der Waals surface area contributed by atoms with Crippen LogP contribution in [0.1, 0.15) is 11.1 Å². The van der Waals surface area contributed by atoms with Crippen molar-refractivity contribution in [3.8, 4) is 11.1 Å². The van der Waals surface area contributed by atoms with Crippen molar-refractivity contribution in [1.29, 1.82) is 0 Å². The van der Waals surface area contributed by atoms with Gasteiger partial charge in [0.25, 0.3) is 0 Å². The zero-order valence-electron chi connectivity index (χ0n) is 15.1. The van der Waals surface area contributed by atoms with Crippen molar-refractivity contribution >= 4 is 38.2 Å². The number of aryl methyl sites for hydroxylation is 1. The number of hydrogen-bond acceptors (Lipinski definition) is 0. The molecule has 0 spiro atoms. The Morgan fingerprint density at radius 3 is 2.59 bits per heavy atom. The molecular formula is C25H19NS. The van der Waals surface area contributed by atoms with Crippen molar-refractivity contribution in [2.45, 2.75) is 6.92 Å². The van der Waals surface area contributed by atoms with E-state index in [2.05, 4.69) is 86.5 Å². The van der Waals surface area contributed by atoms with Crippen LogP contribution in [-0.2, 0) is 0 Å². The maximum absolute atomic E-state index is 4.19. The Bertz CT molecular complexity index is 1240. The second kappa shape index (κ2) is 6.26. The second-order valence-corrected chi connectivity index (χ2v) is 7.86. The van der Waals surface area contributed by atoms with E-state index in [9.17, 15) is 0 Å². The minimum Gasteiger partial charge on any atom is -0.336 e. The van der Waals surface area contributed by atoms with Gasteiger partial charge in [0.1, 0.15) is 4.70 Å². The fourth-order valence-corrected chi connectivity index (χ4v) is 5.27. The number of hydrogen-bond donors (Lipinski definition) is 0. The first-order valence-corrected chi connectivity index (χ1v) is 9.88. The van der Waals surface area contributed by atoms with Crippen molar-refractivity contribution < 1.29 is 4.58 Å². The van der Waals surface area contributed by atoms with E-state index in [0.29, 0.717) is 0 Å². The molecule has 4 aromatic rings. The van der Waals surface area contributed by atoms with E-state index < -0.39 is 0 Å². The van der Waals surface area contributed by atoms with Crippen LogP contribution in [0.15, 0.2) is 85.1 Å². The molecule has 27 heavy (non-hydrogen) atoms. The molecule has 130 valence electrons. The predicted octanol–water partition coefficient (Wildman–Crippen LogP) is 6.71. The van der Waals surface area contributed by atoms with Gasteiger partial charge in [0.2, 0.25) is 4.70 Å². The van der Waals surface area contributed by atoms with Crippen molar-refractivity contribution in [2.24, 2.45) is 0 Å². The minimum absolute atomic E-state index is 1.15. The molecule has 1 nitrogen and oxygen atoms in total. The van der Waals surface area contributed by atoms with Crippen LogP contribution in [0.2, 0.25) is 0 Å². The number of allylic oxidation sites excluding steroid dienone is 2. The van der Waals surface area contributed by atoms with Gasteiger partial charge in [0.05, 0.1) is 12.2 Å². The van der Waals surface area contributed by atoms with Crippen molar-refractivity contribution in [2.75, 3.05) is 0 Å². The average Bonchev–Trinajstić information content (AvgIpc) is 3.08. The highest BCUT2D eigenvalue weighted by Crippen LogP contribution is 2.44. The fraction of sp³-hybridized carbons (Fsp3) is 0.0400. The Hall–Kier alpha value is -3.10. The third kappa shape index (κ3) is 2.53. The molecule has 3 aromatic carbocycles. The highest BCUT2D eigenvalue weighted by Gasteiger charge is 2.23.